The lowest BCUT2D eigenvalue weighted by Crippen LogP contribution is -2.36. The second-order valence-electron chi connectivity index (χ2n) is 5.96. The number of hydrogen-bond donors (Lipinski definition) is 1. The molecule has 7 heteroatoms. The number of halogens is 1. The Kier molecular flexibility index (Phi) is 6.84. The summed E-state index contributed by atoms with van der Waals surface area (Å²) in [6.45, 7) is 3.79. The molecule has 0 radical (unpaired) electrons. The molecule has 2 aromatic heterocycles. The minimum Gasteiger partial charge on any atom is -0.378 e. The lowest BCUT2D eigenvalue weighted by molar-refractivity contribution is -0.121. The minimum atomic E-state index is 0.0906. The number of nitrogens with one attached hydrogen (secondary N) is 1. The van der Waals surface area contributed by atoms with Crippen molar-refractivity contribution in [3.63, 3.8) is 0 Å². The summed E-state index contributed by atoms with van der Waals surface area (Å²) in [5.74, 6) is 1.06. The molecule has 1 saturated heterocycles. The Morgan fingerprint density at radius 3 is 2.80 bits per heavy atom. The van der Waals surface area contributed by atoms with Gasteiger partial charge in [-0.2, -0.15) is 0 Å². The third kappa shape index (κ3) is 5.80. The van der Waals surface area contributed by atoms with Crippen LogP contribution in [-0.4, -0.2) is 37.2 Å². The molecule has 3 heterocycles. The molecule has 1 amide bonds. The summed E-state index contributed by atoms with van der Waals surface area (Å²) in [4.78, 5) is 20.0. The first-order chi connectivity index (χ1) is 12.2. The number of amides is 1. The molecule has 1 N–H and O–H groups in total. The van der Waals surface area contributed by atoms with Crippen LogP contribution in [0.1, 0.15) is 23.3 Å². The largest absolute Gasteiger partial charge is 0.378 e. The smallest absolute Gasteiger partial charge is 0.220 e. The van der Waals surface area contributed by atoms with E-state index in [9.17, 15) is 4.79 Å². The lowest BCUT2D eigenvalue weighted by atomic mass is 10.2. The fourth-order valence-corrected chi connectivity index (χ4v) is 4.22. The predicted molar refractivity (Wildman–Crippen MR) is 104 cm³/mol. The van der Waals surface area contributed by atoms with Crippen molar-refractivity contribution in [2.75, 3.05) is 31.2 Å². The fourth-order valence-electron chi connectivity index (χ4n) is 2.70. The summed E-state index contributed by atoms with van der Waals surface area (Å²) in [6.07, 6.45) is 4.20. The van der Waals surface area contributed by atoms with Gasteiger partial charge in [0.2, 0.25) is 5.91 Å². The number of thiophene rings is 1. The Hall–Kier alpha value is -1.44. The zero-order chi connectivity index (χ0) is 17.5. The normalized spacial score (nSPS) is 14.5. The first-order valence-corrected chi connectivity index (χ1v) is 10.1. The predicted octanol–water partition coefficient (Wildman–Crippen LogP) is 3.38. The van der Waals surface area contributed by atoms with Crippen LogP contribution in [0, 0.1) is 0 Å². The van der Waals surface area contributed by atoms with Crippen LogP contribution in [-0.2, 0) is 22.5 Å². The summed E-state index contributed by atoms with van der Waals surface area (Å²) in [6, 6.07) is 8.20. The van der Waals surface area contributed by atoms with Crippen LogP contribution < -0.4 is 10.2 Å². The van der Waals surface area contributed by atoms with Crippen molar-refractivity contribution in [2.24, 2.45) is 0 Å². The molecule has 5 nitrogen and oxygen atoms in total. The number of rotatable bonds is 7. The summed E-state index contributed by atoms with van der Waals surface area (Å²) < 4.78 is 6.49. The van der Waals surface area contributed by atoms with E-state index in [0.717, 1.165) is 54.3 Å². The highest BCUT2D eigenvalue weighted by molar-refractivity contribution is 9.11. The number of pyridine rings is 1. The quantitative estimate of drug-likeness (QED) is 0.741. The third-order valence-electron chi connectivity index (χ3n) is 4.09. The summed E-state index contributed by atoms with van der Waals surface area (Å²) in [5.41, 5.74) is 1.02. The minimum absolute atomic E-state index is 0.0906. The van der Waals surface area contributed by atoms with Gasteiger partial charge < -0.3 is 15.0 Å². The fraction of sp³-hybridized carbons (Fsp3) is 0.444. The van der Waals surface area contributed by atoms with Gasteiger partial charge in [0.1, 0.15) is 5.82 Å². The maximum atomic E-state index is 12.0. The van der Waals surface area contributed by atoms with Gasteiger partial charge in [-0.3, -0.25) is 4.79 Å². The number of carbonyl (C=O) groups excluding carboxylic acids is 1. The molecule has 0 atom stereocenters. The first-order valence-electron chi connectivity index (χ1n) is 8.49. The van der Waals surface area contributed by atoms with Gasteiger partial charge in [0.25, 0.3) is 0 Å². The van der Waals surface area contributed by atoms with Crippen LogP contribution in [0.2, 0.25) is 0 Å². The molecule has 0 saturated carbocycles. The van der Waals surface area contributed by atoms with Crippen LogP contribution in [0.15, 0.2) is 34.2 Å². The maximum Gasteiger partial charge on any atom is 0.220 e. The van der Waals surface area contributed by atoms with Crippen LogP contribution in [0.5, 0.6) is 0 Å². The van der Waals surface area contributed by atoms with E-state index in [2.05, 4.69) is 37.2 Å². The average molecular weight is 424 g/mol. The van der Waals surface area contributed by atoms with E-state index in [-0.39, 0.29) is 5.91 Å². The van der Waals surface area contributed by atoms with Crippen LogP contribution >= 0.6 is 27.3 Å². The van der Waals surface area contributed by atoms with Gasteiger partial charge in [0, 0.05) is 37.1 Å². The van der Waals surface area contributed by atoms with Gasteiger partial charge in [-0.25, -0.2) is 4.98 Å². The third-order valence-corrected chi connectivity index (χ3v) is 5.77. The Bertz CT molecular complexity index is 684. The number of anilines is 1. The maximum absolute atomic E-state index is 12.0. The second kappa shape index (κ2) is 9.31. The zero-order valence-electron chi connectivity index (χ0n) is 14.0. The SMILES string of the molecule is O=C(CCCc1ccc(Br)s1)NCc1ccc(N2CCOCC2)nc1. The highest BCUT2D eigenvalue weighted by Gasteiger charge is 2.12. The van der Waals surface area contributed by atoms with Crippen LogP contribution in [0.4, 0.5) is 5.82 Å². The average Bonchev–Trinajstić information content (AvgIpc) is 3.06. The number of aryl methyl sites for hydroxylation is 1. The summed E-state index contributed by atoms with van der Waals surface area (Å²) >= 11 is 5.19. The van der Waals surface area contributed by atoms with Crippen molar-refractivity contribution < 1.29 is 9.53 Å². The molecular weight excluding hydrogens is 402 g/mol. The monoisotopic (exact) mass is 423 g/mol. The Balaban J connectivity index is 1.38. The number of morpholine rings is 1. The highest BCUT2D eigenvalue weighted by Crippen LogP contribution is 2.23. The number of hydrogen-bond acceptors (Lipinski definition) is 5. The zero-order valence-corrected chi connectivity index (χ0v) is 16.4. The molecule has 134 valence electrons. The van der Waals surface area contributed by atoms with Crippen molar-refractivity contribution in [3.8, 4) is 0 Å². The molecule has 0 aromatic carbocycles. The standard InChI is InChI=1S/C18H22BrN3O2S/c19-16-6-5-15(25-16)2-1-3-18(23)21-13-14-4-7-17(20-12-14)22-8-10-24-11-9-22/h4-7,12H,1-3,8-11,13H2,(H,21,23). The number of aromatic nitrogens is 1. The van der Waals surface area contributed by atoms with E-state index in [1.54, 1.807) is 11.3 Å². The van der Waals surface area contributed by atoms with Gasteiger partial charge >= 0.3 is 0 Å². The number of nitrogens with zero attached hydrogens (tertiary/aromatic N) is 2. The molecule has 0 aliphatic carbocycles. The van der Waals surface area contributed by atoms with Crippen molar-refractivity contribution in [1.82, 2.24) is 10.3 Å². The van der Waals surface area contributed by atoms with Gasteiger partial charge in [0.15, 0.2) is 0 Å². The highest BCUT2D eigenvalue weighted by atomic mass is 79.9. The second-order valence-corrected chi connectivity index (χ2v) is 8.51. The van der Waals surface area contributed by atoms with Crippen molar-refractivity contribution in [3.05, 3.63) is 44.7 Å². The van der Waals surface area contributed by atoms with E-state index in [4.69, 9.17) is 4.74 Å². The van der Waals surface area contributed by atoms with Crippen LogP contribution in [0.3, 0.4) is 0 Å². The van der Waals surface area contributed by atoms with Crippen molar-refractivity contribution in [1.29, 1.82) is 0 Å². The molecule has 0 unspecified atom stereocenters. The van der Waals surface area contributed by atoms with E-state index < -0.39 is 0 Å². The van der Waals surface area contributed by atoms with E-state index in [1.165, 1.54) is 4.88 Å². The molecular formula is C18H22BrN3O2S. The molecule has 25 heavy (non-hydrogen) atoms. The Morgan fingerprint density at radius 2 is 2.12 bits per heavy atom. The molecule has 1 aliphatic rings. The Labute approximate surface area is 160 Å². The van der Waals surface area contributed by atoms with Crippen LogP contribution in [0.25, 0.3) is 0 Å². The molecule has 2 aromatic rings. The molecule has 0 bridgehead atoms. The lowest BCUT2D eigenvalue weighted by Gasteiger charge is -2.27. The van der Waals surface area contributed by atoms with Gasteiger partial charge in [-0.05, 0) is 52.5 Å². The summed E-state index contributed by atoms with van der Waals surface area (Å²) in [5, 5.41) is 2.97. The van der Waals surface area contributed by atoms with Crippen molar-refractivity contribution >= 4 is 39.0 Å². The van der Waals surface area contributed by atoms with E-state index >= 15 is 0 Å². The topological polar surface area (TPSA) is 54.5 Å². The van der Waals surface area contributed by atoms with E-state index in [0.29, 0.717) is 13.0 Å². The number of carbonyl (C=O) groups is 1. The molecule has 3 rings (SSSR count). The van der Waals surface area contributed by atoms with E-state index in [1.807, 2.05) is 24.4 Å². The number of ether oxygens (including phenoxy) is 1. The first kappa shape index (κ1) is 18.4. The Morgan fingerprint density at radius 1 is 1.28 bits per heavy atom. The van der Waals surface area contributed by atoms with Gasteiger partial charge in [-0.15, -0.1) is 11.3 Å². The molecule has 0 spiro atoms. The molecule has 1 aliphatic heterocycles. The molecule has 1 fully saturated rings. The van der Waals surface area contributed by atoms with Gasteiger partial charge in [0.05, 0.1) is 17.0 Å². The van der Waals surface area contributed by atoms with Crippen molar-refractivity contribution in [2.45, 2.75) is 25.8 Å². The summed E-state index contributed by atoms with van der Waals surface area (Å²) in [7, 11) is 0. The van der Waals surface area contributed by atoms with Gasteiger partial charge in [-0.1, -0.05) is 6.07 Å².